The molecular weight excluding hydrogens is 268 g/mol. The van der Waals surface area contributed by atoms with Crippen molar-refractivity contribution < 1.29 is 19.4 Å². The van der Waals surface area contributed by atoms with Crippen LogP contribution in [0.3, 0.4) is 0 Å². The van der Waals surface area contributed by atoms with Crippen LogP contribution in [-0.2, 0) is 16.0 Å². The Kier molecular flexibility index (Phi) is 4.16. The summed E-state index contributed by atoms with van der Waals surface area (Å²) in [5, 5.41) is 9.85. The van der Waals surface area contributed by atoms with E-state index in [0.717, 1.165) is 11.4 Å². The number of carboxylic acids is 1. The second kappa shape index (κ2) is 5.66. The minimum absolute atomic E-state index is 0.0902. The van der Waals surface area contributed by atoms with Crippen LogP contribution < -0.4 is 0 Å². The van der Waals surface area contributed by atoms with Gasteiger partial charge >= 0.3 is 5.97 Å². The highest BCUT2D eigenvalue weighted by Crippen LogP contribution is 2.21. The van der Waals surface area contributed by atoms with Crippen molar-refractivity contribution in [1.82, 2.24) is 9.88 Å². The largest absolute Gasteiger partial charge is 0.479 e. The van der Waals surface area contributed by atoms with Crippen molar-refractivity contribution in [2.24, 2.45) is 0 Å². The molecule has 1 saturated heterocycles. The molecular formula is C12H16N2O4S. The van der Waals surface area contributed by atoms with Gasteiger partial charge < -0.3 is 14.7 Å². The Balaban J connectivity index is 2.14. The molecule has 1 unspecified atom stereocenters. The SMILES string of the molecule is CCc1nc(C)c(C(=O)N2CCOC(C(=O)O)C2)s1. The third kappa shape index (κ3) is 2.93. The van der Waals surface area contributed by atoms with Crippen LogP contribution >= 0.6 is 11.3 Å². The van der Waals surface area contributed by atoms with E-state index in [2.05, 4.69) is 4.98 Å². The number of aliphatic carboxylic acids is 1. The second-order valence-corrected chi connectivity index (χ2v) is 5.41. The highest BCUT2D eigenvalue weighted by Gasteiger charge is 2.30. The molecule has 2 heterocycles. The molecule has 1 N–H and O–H groups in total. The van der Waals surface area contributed by atoms with Gasteiger partial charge in [-0.1, -0.05) is 6.92 Å². The molecule has 1 amide bonds. The number of thiazole rings is 1. The summed E-state index contributed by atoms with van der Waals surface area (Å²) in [6.45, 7) is 4.55. The van der Waals surface area contributed by atoms with E-state index < -0.39 is 12.1 Å². The van der Waals surface area contributed by atoms with E-state index in [1.807, 2.05) is 6.92 Å². The Morgan fingerprint density at radius 2 is 2.32 bits per heavy atom. The summed E-state index contributed by atoms with van der Waals surface area (Å²) >= 11 is 1.38. The lowest BCUT2D eigenvalue weighted by molar-refractivity contribution is -0.154. The number of aryl methyl sites for hydroxylation is 2. The van der Waals surface area contributed by atoms with Crippen molar-refractivity contribution in [3.63, 3.8) is 0 Å². The zero-order valence-electron chi connectivity index (χ0n) is 10.9. The molecule has 1 aromatic rings. The van der Waals surface area contributed by atoms with Gasteiger partial charge in [0.05, 0.1) is 23.9 Å². The summed E-state index contributed by atoms with van der Waals surface area (Å²) in [6.07, 6.45) is -0.142. The zero-order chi connectivity index (χ0) is 14.0. The van der Waals surface area contributed by atoms with Crippen LogP contribution in [0.25, 0.3) is 0 Å². The first-order chi connectivity index (χ1) is 9.02. The Morgan fingerprint density at radius 1 is 1.58 bits per heavy atom. The summed E-state index contributed by atoms with van der Waals surface area (Å²) in [5.74, 6) is -1.18. The van der Waals surface area contributed by atoms with Crippen molar-refractivity contribution in [2.45, 2.75) is 26.4 Å². The van der Waals surface area contributed by atoms with Gasteiger partial charge in [0.15, 0.2) is 6.10 Å². The van der Waals surface area contributed by atoms with Crippen LogP contribution in [0.4, 0.5) is 0 Å². The molecule has 0 aromatic carbocycles. The standard InChI is InChI=1S/C12H16N2O4S/c1-3-9-13-7(2)10(19-9)11(15)14-4-5-18-8(6-14)12(16)17/h8H,3-6H2,1-2H3,(H,16,17). The molecule has 0 aliphatic carbocycles. The second-order valence-electron chi connectivity index (χ2n) is 4.32. The van der Waals surface area contributed by atoms with Crippen molar-refractivity contribution in [3.05, 3.63) is 15.6 Å². The molecule has 2 rings (SSSR count). The average Bonchev–Trinajstić information content (AvgIpc) is 2.79. The molecule has 1 aromatic heterocycles. The number of hydrogen-bond donors (Lipinski definition) is 1. The third-order valence-corrected chi connectivity index (χ3v) is 4.26. The highest BCUT2D eigenvalue weighted by atomic mass is 32.1. The number of carboxylic acid groups (broad SMARTS) is 1. The molecule has 7 heteroatoms. The molecule has 0 bridgehead atoms. The van der Waals surface area contributed by atoms with Crippen LogP contribution in [0.15, 0.2) is 0 Å². The minimum Gasteiger partial charge on any atom is -0.479 e. The Labute approximate surface area is 115 Å². The summed E-state index contributed by atoms with van der Waals surface area (Å²) in [5.41, 5.74) is 0.713. The van der Waals surface area contributed by atoms with Crippen molar-refractivity contribution in [2.75, 3.05) is 19.7 Å². The Bertz CT molecular complexity index is 500. The van der Waals surface area contributed by atoms with Crippen molar-refractivity contribution in [1.29, 1.82) is 0 Å². The maximum absolute atomic E-state index is 12.4. The number of morpholine rings is 1. The van der Waals surface area contributed by atoms with Crippen LogP contribution in [0.2, 0.25) is 0 Å². The molecule has 1 aliphatic heterocycles. The van der Waals surface area contributed by atoms with Gasteiger partial charge in [0.1, 0.15) is 4.88 Å². The van der Waals surface area contributed by atoms with Gasteiger partial charge in [0.25, 0.3) is 5.91 Å². The Morgan fingerprint density at radius 3 is 2.89 bits per heavy atom. The smallest absolute Gasteiger partial charge is 0.334 e. The number of hydrogen-bond acceptors (Lipinski definition) is 5. The molecule has 0 spiro atoms. The number of nitrogens with zero attached hydrogens (tertiary/aromatic N) is 2. The molecule has 6 nitrogen and oxygen atoms in total. The van der Waals surface area contributed by atoms with E-state index in [1.54, 1.807) is 6.92 Å². The maximum atomic E-state index is 12.4. The molecule has 1 aliphatic rings. The summed E-state index contributed by atoms with van der Waals surface area (Å²) in [4.78, 5) is 29.7. The van der Waals surface area contributed by atoms with Crippen LogP contribution in [0.5, 0.6) is 0 Å². The van der Waals surface area contributed by atoms with Gasteiger partial charge in [-0.15, -0.1) is 11.3 Å². The first-order valence-electron chi connectivity index (χ1n) is 6.13. The lowest BCUT2D eigenvalue weighted by Crippen LogP contribution is -2.48. The van der Waals surface area contributed by atoms with E-state index in [0.29, 0.717) is 17.1 Å². The first kappa shape index (κ1) is 14.0. The molecule has 1 fully saturated rings. The fourth-order valence-electron chi connectivity index (χ4n) is 1.93. The van der Waals surface area contributed by atoms with Gasteiger partial charge in [-0.25, -0.2) is 9.78 Å². The van der Waals surface area contributed by atoms with Gasteiger partial charge in [-0.2, -0.15) is 0 Å². The van der Waals surface area contributed by atoms with Crippen LogP contribution in [-0.4, -0.2) is 52.7 Å². The van der Waals surface area contributed by atoms with Gasteiger partial charge in [-0.05, 0) is 13.3 Å². The lowest BCUT2D eigenvalue weighted by atomic mass is 10.2. The number of ether oxygens (including phenoxy) is 1. The van der Waals surface area contributed by atoms with Crippen molar-refractivity contribution >= 4 is 23.2 Å². The first-order valence-corrected chi connectivity index (χ1v) is 6.94. The molecule has 1 atom stereocenters. The minimum atomic E-state index is -1.03. The normalized spacial score (nSPS) is 19.5. The van der Waals surface area contributed by atoms with Gasteiger partial charge in [0.2, 0.25) is 0 Å². The van der Waals surface area contributed by atoms with E-state index >= 15 is 0 Å². The van der Waals surface area contributed by atoms with Crippen LogP contribution in [0, 0.1) is 6.92 Å². The number of carbonyl (C=O) groups is 2. The maximum Gasteiger partial charge on any atom is 0.334 e. The van der Waals surface area contributed by atoms with E-state index in [-0.39, 0.29) is 19.1 Å². The third-order valence-electron chi connectivity index (χ3n) is 2.97. The molecule has 104 valence electrons. The average molecular weight is 284 g/mol. The van der Waals surface area contributed by atoms with Gasteiger partial charge in [-0.3, -0.25) is 4.79 Å². The molecule has 19 heavy (non-hydrogen) atoms. The number of aromatic nitrogens is 1. The number of carbonyl (C=O) groups excluding carboxylic acids is 1. The zero-order valence-corrected chi connectivity index (χ0v) is 11.7. The van der Waals surface area contributed by atoms with E-state index in [9.17, 15) is 9.59 Å². The molecule has 0 saturated carbocycles. The lowest BCUT2D eigenvalue weighted by Gasteiger charge is -2.30. The van der Waals surface area contributed by atoms with E-state index in [1.165, 1.54) is 16.2 Å². The predicted molar refractivity (Wildman–Crippen MR) is 69.5 cm³/mol. The fourth-order valence-corrected chi connectivity index (χ4v) is 2.90. The summed E-state index contributed by atoms with van der Waals surface area (Å²) < 4.78 is 5.11. The monoisotopic (exact) mass is 284 g/mol. The topological polar surface area (TPSA) is 79.7 Å². The summed E-state index contributed by atoms with van der Waals surface area (Å²) in [6, 6.07) is 0. The highest BCUT2D eigenvalue weighted by molar-refractivity contribution is 7.13. The number of rotatable bonds is 3. The van der Waals surface area contributed by atoms with Crippen molar-refractivity contribution in [3.8, 4) is 0 Å². The summed E-state index contributed by atoms with van der Waals surface area (Å²) in [7, 11) is 0. The fraction of sp³-hybridized carbons (Fsp3) is 0.583. The van der Waals surface area contributed by atoms with Crippen LogP contribution in [0.1, 0.15) is 27.3 Å². The molecule has 0 radical (unpaired) electrons. The van der Waals surface area contributed by atoms with Gasteiger partial charge in [0, 0.05) is 6.54 Å². The predicted octanol–water partition coefficient (Wildman–Crippen LogP) is 0.940. The van der Waals surface area contributed by atoms with E-state index in [4.69, 9.17) is 9.84 Å². The number of amides is 1. The Hall–Kier alpha value is -1.47. The quantitative estimate of drug-likeness (QED) is 0.893.